The summed E-state index contributed by atoms with van der Waals surface area (Å²) < 4.78 is 9.70. The van der Waals surface area contributed by atoms with Crippen molar-refractivity contribution < 1.29 is 29.0 Å². The molecule has 0 heterocycles. The maximum atomic E-state index is 11.7. The molecular weight excluding hydrogens is 288 g/mol. The molecule has 0 aromatic carbocycles. The molecule has 0 rings (SSSR count). The predicted octanol–water partition coefficient (Wildman–Crippen LogP) is 2.42. The van der Waals surface area contributed by atoms with Gasteiger partial charge in [-0.2, -0.15) is 0 Å². The summed E-state index contributed by atoms with van der Waals surface area (Å²) in [4.78, 5) is 34.2. The number of rotatable bonds is 10. The third-order valence-corrected chi connectivity index (χ3v) is 3.48. The maximum absolute atomic E-state index is 11.7. The van der Waals surface area contributed by atoms with Gasteiger partial charge in [0.25, 0.3) is 0 Å². The molecule has 0 aliphatic rings. The topological polar surface area (TPSA) is 89.9 Å². The van der Waals surface area contributed by atoms with Gasteiger partial charge in [-0.25, -0.2) is 4.79 Å². The van der Waals surface area contributed by atoms with Crippen molar-refractivity contribution in [3.8, 4) is 0 Å². The number of ether oxygens (including phenoxy) is 2. The second kappa shape index (κ2) is 9.97. The highest BCUT2D eigenvalue weighted by Gasteiger charge is 2.31. The van der Waals surface area contributed by atoms with E-state index in [0.29, 0.717) is 6.42 Å². The predicted molar refractivity (Wildman–Crippen MR) is 81.1 cm³/mol. The lowest BCUT2D eigenvalue weighted by Crippen LogP contribution is -2.30. The highest BCUT2D eigenvalue weighted by Crippen LogP contribution is 2.27. The lowest BCUT2D eigenvalue weighted by Gasteiger charge is -2.25. The van der Waals surface area contributed by atoms with Crippen molar-refractivity contribution in [1.29, 1.82) is 0 Å². The van der Waals surface area contributed by atoms with Crippen molar-refractivity contribution in [2.45, 2.75) is 40.5 Å². The zero-order chi connectivity index (χ0) is 17.3. The number of hydrogen-bond donors (Lipinski definition) is 1. The molecule has 0 amide bonds. The number of aliphatic carboxylic acids is 1. The number of carbonyl (C=O) groups is 3. The van der Waals surface area contributed by atoms with E-state index in [-0.39, 0.29) is 37.0 Å². The standard InChI is InChI=1S/C16H26O6/c1-6-12(10(2)3)13(15(18)19)9-14(17)21-7-8-22-16(20)11(4)5/h10,12-13H,4,6-9H2,1-3,5H3,(H,18,19). The molecular formula is C16H26O6. The number of esters is 2. The lowest BCUT2D eigenvalue weighted by atomic mass is 9.80. The Bertz CT molecular complexity index is 413. The highest BCUT2D eigenvalue weighted by molar-refractivity contribution is 5.86. The summed E-state index contributed by atoms with van der Waals surface area (Å²) in [6.07, 6.45) is 0.499. The molecule has 0 aliphatic heterocycles. The Morgan fingerprint density at radius 1 is 1.14 bits per heavy atom. The van der Waals surface area contributed by atoms with Gasteiger partial charge in [-0.1, -0.05) is 33.8 Å². The molecule has 0 fully saturated rings. The van der Waals surface area contributed by atoms with Crippen LogP contribution in [0.25, 0.3) is 0 Å². The summed E-state index contributed by atoms with van der Waals surface area (Å²) in [6.45, 7) is 10.6. The molecule has 1 N–H and O–H groups in total. The fourth-order valence-electron chi connectivity index (χ4n) is 2.29. The van der Waals surface area contributed by atoms with Crippen molar-refractivity contribution >= 4 is 17.9 Å². The van der Waals surface area contributed by atoms with Crippen molar-refractivity contribution in [3.63, 3.8) is 0 Å². The molecule has 126 valence electrons. The van der Waals surface area contributed by atoms with E-state index < -0.39 is 23.8 Å². The molecule has 0 aliphatic carbocycles. The van der Waals surface area contributed by atoms with Crippen molar-refractivity contribution in [1.82, 2.24) is 0 Å². The van der Waals surface area contributed by atoms with Crippen molar-refractivity contribution in [3.05, 3.63) is 12.2 Å². The smallest absolute Gasteiger partial charge is 0.333 e. The summed E-state index contributed by atoms with van der Waals surface area (Å²) >= 11 is 0. The van der Waals surface area contributed by atoms with E-state index in [0.717, 1.165) is 0 Å². The largest absolute Gasteiger partial charge is 0.481 e. The molecule has 2 unspecified atom stereocenters. The third kappa shape index (κ3) is 7.24. The molecule has 0 aromatic rings. The van der Waals surface area contributed by atoms with Crippen LogP contribution in [0.15, 0.2) is 12.2 Å². The Morgan fingerprint density at radius 2 is 1.68 bits per heavy atom. The first-order chi connectivity index (χ1) is 10.2. The van der Waals surface area contributed by atoms with Crippen molar-refractivity contribution in [2.75, 3.05) is 13.2 Å². The Hall–Kier alpha value is -1.85. The maximum Gasteiger partial charge on any atom is 0.333 e. The number of carboxylic acid groups (broad SMARTS) is 1. The Morgan fingerprint density at radius 3 is 2.09 bits per heavy atom. The molecule has 0 bridgehead atoms. The summed E-state index contributed by atoms with van der Waals surface area (Å²) in [5.74, 6) is -2.84. The minimum absolute atomic E-state index is 0.0729. The summed E-state index contributed by atoms with van der Waals surface area (Å²) in [5.41, 5.74) is 0.264. The second-order valence-electron chi connectivity index (χ2n) is 5.60. The lowest BCUT2D eigenvalue weighted by molar-refractivity contribution is -0.156. The van der Waals surface area contributed by atoms with Crippen LogP contribution in [0, 0.1) is 17.8 Å². The Balaban J connectivity index is 4.33. The Labute approximate surface area is 131 Å². The van der Waals surface area contributed by atoms with Crippen molar-refractivity contribution in [2.24, 2.45) is 17.8 Å². The minimum atomic E-state index is -0.994. The van der Waals surface area contributed by atoms with E-state index in [9.17, 15) is 19.5 Å². The zero-order valence-electron chi connectivity index (χ0n) is 13.8. The number of carbonyl (C=O) groups excluding carboxylic acids is 2. The number of carboxylic acids is 1. The molecule has 0 saturated heterocycles. The van der Waals surface area contributed by atoms with Gasteiger partial charge in [-0.3, -0.25) is 9.59 Å². The van der Waals surface area contributed by atoms with Crippen LogP contribution in [0.2, 0.25) is 0 Å². The average molecular weight is 314 g/mol. The molecule has 0 spiro atoms. The first kappa shape index (κ1) is 20.1. The van der Waals surface area contributed by atoms with Gasteiger partial charge in [-0.15, -0.1) is 0 Å². The van der Waals surface area contributed by atoms with Crippen LogP contribution >= 0.6 is 0 Å². The van der Waals surface area contributed by atoms with Crippen LogP contribution in [0.3, 0.4) is 0 Å². The third-order valence-electron chi connectivity index (χ3n) is 3.48. The molecule has 0 saturated carbocycles. The molecule has 2 atom stereocenters. The molecule has 6 heteroatoms. The van der Waals surface area contributed by atoms with Crippen LogP contribution in [-0.2, 0) is 23.9 Å². The van der Waals surface area contributed by atoms with E-state index >= 15 is 0 Å². The van der Waals surface area contributed by atoms with Crippen LogP contribution in [0.4, 0.5) is 0 Å². The van der Waals surface area contributed by atoms with E-state index in [2.05, 4.69) is 6.58 Å². The van der Waals surface area contributed by atoms with Gasteiger partial charge < -0.3 is 14.6 Å². The van der Waals surface area contributed by atoms with Crippen LogP contribution in [-0.4, -0.2) is 36.2 Å². The average Bonchev–Trinajstić information content (AvgIpc) is 2.42. The van der Waals surface area contributed by atoms with Gasteiger partial charge in [0.2, 0.25) is 0 Å². The van der Waals surface area contributed by atoms with Crippen LogP contribution < -0.4 is 0 Å². The van der Waals surface area contributed by atoms with Crippen LogP contribution in [0.5, 0.6) is 0 Å². The highest BCUT2D eigenvalue weighted by atomic mass is 16.6. The van der Waals surface area contributed by atoms with Gasteiger partial charge in [-0.05, 0) is 18.8 Å². The van der Waals surface area contributed by atoms with E-state index in [1.807, 2.05) is 20.8 Å². The molecule has 6 nitrogen and oxygen atoms in total. The van der Waals surface area contributed by atoms with E-state index in [1.165, 1.54) is 6.92 Å². The van der Waals surface area contributed by atoms with E-state index in [4.69, 9.17) is 9.47 Å². The molecule has 0 aromatic heterocycles. The monoisotopic (exact) mass is 314 g/mol. The van der Waals surface area contributed by atoms with Crippen LogP contribution in [0.1, 0.15) is 40.5 Å². The van der Waals surface area contributed by atoms with E-state index in [1.54, 1.807) is 0 Å². The fraction of sp³-hybridized carbons (Fsp3) is 0.688. The fourth-order valence-corrected chi connectivity index (χ4v) is 2.29. The first-order valence-corrected chi connectivity index (χ1v) is 7.41. The normalized spacial score (nSPS) is 13.3. The minimum Gasteiger partial charge on any atom is -0.481 e. The second-order valence-corrected chi connectivity index (χ2v) is 5.60. The Kier molecular flexibility index (Phi) is 9.13. The zero-order valence-corrected chi connectivity index (χ0v) is 13.8. The SMILES string of the molecule is C=C(C)C(=O)OCCOC(=O)CC(C(=O)O)C(CC)C(C)C. The summed E-state index contributed by atoms with van der Waals surface area (Å²) in [7, 11) is 0. The quantitative estimate of drug-likeness (QED) is 0.378. The first-order valence-electron chi connectivity index (χ1n) is 7.41. The van der Waals surface area contributed by atoms with Gasteiger partial charge in [0, 0.05) is 5.57 Å². The summed E-state index contributed by atoms with van der Waals surface area (Å²) in [6, 6.07) is 0. The van der Waals surface area contributed by atoms with Gasteiger partial charge in [0.05, 0.1) is 12.3 Å². The number of hydrogen-bond acceptors (Lipinski definition) is 5. The molecule has 22 heavy (non-hydrogen) atoms. The molecule has 0 radical (unpaired) electrons. The van der Waals surface area contributed by atoms with Gasteiger partial charge in [0.15, 0.2) is 0 Å². The van der Waals surface area contributed by atoms with Gasteiger partial charge >= 0.3 is 17.9 Å². The van der Waals surface area contributed by atoms with Gasteiger partial charge in [0.1, 0.15) is 13.2 Å². The summed E-state index contributed by atoms with van der Waals surface area (Å²) in [5, 5.41) is 9.29.